The number of aromatic nitrogens is 4. The van der Waals surface area contributed by atoms with Gasteiger partial charge in [-0.3, -0.25) is 14.8 Å². The summed E-state index contributed by atoms with van der Waals surface area (Å²) in [6, 6.07) is 18.0. The van der Waals surface area contributed by atoms with Crippen LogP contribution in [0.5, 0.6) is 0 Å². The molecule has 31 heavy (non-hydrogen) atoms. The smallest absolute Gasteiger partial charge is 0.227 e. The molecule has 2 N–H and O–H groups in total. The van der Waals surface area contributed by atoms with Gasteiger partial charge in [0.2, 0.25) is 5.91 Å². The fraction of sp³-hybridized carbons (Fsp3) is 0.292. The van der Waals surface area contributed by atoms with Gasteiger partial charge < -0.3 is 9.88 Å². The fourth-order valence-corrected chi connectivity index (χ4v) is 4.32. The number of hydrogen-bond donors (Lipinski definition) is 2. The molecule has 3 heterocycles. The number of likely N-dealkylation sites (tertiary alicyclic amines) is 1. The minimum absolute atomic E-state index is 0.0347. The second kappa shape index (κ2) is 8.35. The van der Waals surface area contributed by atoms with Crippen LogP contribution in [0.1, 0.15) is 18.7 Å². The number of aromatic amines is 1. The van der Waals surface area contributed by atoms with Gasteiger partial charge in [0.15, 0.2) is 0 Å². The third kappa shape index (κ3) is 4.09. The number of amides is 1. The van der Waals surface area contributed by atoms with E-state index in [4.69, 9.17) is 4.98 Å². The molecule has 0 spiro atoms. The average Bonchev–Trinajstić information content (AvgIpc) is 3.44. The summed E-state index contributed by atoms with van der Waals surface area (Å²) in [6.07, 6.45) is 3.44. The standard InChI is InChI=1S/C24H26N6O/c1-29-22-8-3-2-7-21(22)27-23(29)16-30-13-10-17(11-14-30)24(31)26-19-6-4-5-18(15-19)20-9-12-25-28-20/h2-9,12,15,17H,10-11,13-14,16H2,1H3,(H,25,28)(H,26,31). The van der Waals surface area contributed by atoms with Crippen molar-refractivity contribution in [1.82, 2.24) is 24.6 Å². The predicted molar refractivity (Wildman–Crippen MR) is 121 cm³/mol. The van der Waals surface area contributed by atoms with E-state index in [9.17, 15) is 4.79 Å². The first-order chi connectivity index (χ1) is 15.2. The van der Waals surface area contributed by atoms with E-state index in [0.717, 1.165) is 66.3 Å². The summed E-state index contributed by atoms with van der Waals surface area (Å²) in [5.41, 5.74) is 4.95. The van der Waals surface area contributed by atoms with Crippen molar-refractivity contribution in [2.75, 3.05) is 18.4 Å². The summed E-state index contributed by atoms with van der Waals surface area (Å²) in [5, 5.41) is 10.1. The number of rotatable bonds is 5. The number of imidazole rings is 1. The second-order valence-corrected chi connectivity index (χ2v) is 8.17. The van der Waals surface area contributed by atoms with Crippen LogP contribution in [0.25, 0.3) is 22.3 Å². The van der Waals surface area contributed by atoms with E-state index in [2.05, 4.69) is 44.2 Å². The van der Waals surface area contributed by atoms with Crippen LogP contribution in [0.2, 0.25) is 0 Å². The topological polar surface area (TPSA) is 78.8 Å². The highest BCUT2D eigenvalue weighted by Gasteiger charge is 2.26. The number of nitrogens with one attached hydrogen (secondary N) is 2. The molecule has 0 unspecified atom stereocenters. The number of carbonyl (C=O) groups excluding carboxylic acids is 1. The zero-order chi connectivity index (χ0) is 21.2. The van der Waals surface area contributed by atoms with Crippen LogP contribution in [0.4, 0.5) is 5.69 Å². The van der Waals surface area contributed by atoms with E-state index in [0.29, 0.717) is 0 Å². The third-order valence-corrected chi connectivity index (χ3v) is 6.15. The zero-order valence-corrected chi connectivity index (χ0v) is 17.6. The summed E-state index contributed by atoms with van der Waals surface area (Å²) in [5.74, 6) is 1.20. The molecule has 2 aromatic carbocycles. The second-order valence-electron chi connectivity index (χ2n) is 8.17. The highest BCUT2D eigenvalue weighted by Crippen LogP contribution is 2.24. The Hall–Kier alpha value is -3.45. The van der Waals surface area contributed by atoms with Crippen LogP contribution in [0.3, 0.4) is 0 Å². The van der Waals surface area contributed by atoms with Crippen LogP contribution in [0.15, 0.2) is 60.8 Å². The normalized spacial score (nSPS) is 15.4. The van der Waals surface area contributed by atoms with Gasteiger partial charge in [0.25, 0.3) is 0 Å². The molecule has 1 saturated heterocycles. The monoisotopic (exact) mass is 414 g/mol. The van der Waals surface area contributed by atoms with E-state index in [1.807, 2.05) is 42.5 Å². The Morgan fingerprint density at radius 1 is 1.13 bits per heavy atom. The maximum absolute atomic E-state index is 12.8. The van der Waals surface area contributed by atoms with Crippen molar-refractivity contribution in [1.29, 1.82) is 0 Å². The van der Waals surface area contributed by atoms with Gasteiger partial charge in [0.05, 0.1) is 23.3 Å². The number of hydrogen-bond acceptors (Lipinski definition) is 4. The van der Waals surface area contributed by atoms with E-state index >= 15 is 0 Å². The van der Waals surface area contributed by atoms with Crippen LogP contribution < -0.4 is 5.32 Å². The van der Waals surface area contributed by atoms with Crippen molar-refractivity contribution in [3.63, 3.8) is 0 Å². The van der Waals surface area contributed by atoms with Crippen LogP contribution in [0, 0.1) is 5.92 Å². The molecule has 1 aliphatic heterocycles. The van der Waals surface area contributed by atoms with Gasteiger partial charge in [0, 0.05) is 30.4 Å². The molecule has 4 aromatic rings. The number of H-pyrrole nitrogens is 1. The van der Waals surface area contributed by atoms with Crippen molar-refractivity contribution in [3.8, 4) is 11.3 Å². The number of anilines is 1. The minimum atomic E-state index is 0.0347. The molecule has 1 aliphatic rings. The minimum Gasteiger partial charge on any atom is -0.330 e. The third-order valence-electron chi connectivity index (χ3n) is 6.15. The SMILES string of the molecule is Cn1c(CN2CCC(C(=O)Nc3cccc(-c4ccn[nH]4)c3)CC2)nc2ccccc21. The largest absolute Gasteiger partial charge is 0.330 e. The summed E-state index contributed by atoms with van der Waals surface area (Å²) in [7, 11) is 2.07. The molecule has 0 atom stereocenters. The molecule has 0 aliphatic carbocycles. The Morgan fingerprint density at radius 3 is 2.74 bits per heavy atom. The molecule has 7 nitrogen and oxygen atoms in total. The first-order valence-electron chi connectivity index (χ1n) is 10.7. The van der Waals surface area contributed by atoms with Crippen molar-refractivity contribution in [3.05, 3.63) is 66.6 Å². The van der Waals surface area contributed by atoms with Crippen molar-refractivity contribution < 1.29 is 4.79 Å². The summed E-state index contributed by atoms with van der Waals surface area (Å²) < 4.78 is 2.17. The Labute approximate surface area is 181 Å². The van der Waals surface area contributed by atoms with Crippen LogP contribution in [-0.2, 0) is 18.4 Å². The lowest BCUT2D eigenvalue weighted by Gasteiger charge is -2.31. The number of carbonyl (C=O) groups is 1. The highest BCUT2D eigenvalue weighted by atomic mass is 16.1. The lowest BCUT2D eigenvalue weighted by Crippen LogP contribution is -2.38. The first kappa shape index (κ1) is 19.5. The first-order valence-corrected chi connectivity index (χ1v) is 10.7. The highest BCUT2D eigenvalue weighted by molar-refractivity contribution is 5.93. The summed E-state index contributed by atoms with van der Waals surface area (Å²) in [6.45, 7) is 2.61. The Bertz CT molecular complexity index is 1190. The molecular weight excluding hydrogens is 388 g/mol. The molecule has 1 amide bonds. The van der Waals surface area contributed by atoms with E-state index < -0.39 is 0 Å². The van der Waals surface area contributed by atoms with Crippen molar-refractivity contribution >= 4 is 22.6 Å². The van der Waals surface area contributed by atoms with Gasteiger partial charge in [-0.2, -0.15) is 5.10 Å². The van der Waals surface area contributed by atoms with Gasteiger partial charge in [-0.05, 0) is 56.3 Å². The van der Waals surface area contributed by atoms with E-state index in [-0.39, 0.29) is 11.8 Å². The Balaban J connectivity index is 1.18. The number of piperidine rings is 1. The van der Waals surface area contributed by atoms with Gasteiger partial charge in [-0.25, -0.2) is 4.98 Å². The lowest BCUT2D eigenvalue weighted by molar-refractivity contribution is -0.121. The molecule has 5 rings (SSSR count). The van der Waals surface area contributed by atoms with Crippen LogP contribution in [-0.4, -0.2) is 43.6 Å². The van der Waals surface area contributed by atoms with Gasteiger partial charge in [-0.15, -0.1) is 0 Å². The molecular formula is C24H26N6O. The number of benzene rings is 2. The molecule has 0 saturated carbocycles. The van der Waals surface area contributed by atoms with Gasteiger partial charge in [-0.1, -0.05) is 24.3 Å². The quantitative estimate of drug-likeness (QED) is 0.520. The molecule has 1 fully saturated rings. The maximum Gasteiger partial charge on any atom is 0.227 e. The maximum atomic E-state index is 12.8. The molecule has 0 radical (unpaired) electrons. The fourth-order valence-electron chi connectivity index (χ4n) is 4.32. The van der Waals surface area contributed by atoms with Crippen molar-refractivity contribution in [2.24, 2.45) is 13.0 Å². The number of fused-ring (bicyclic) bond motifs is 1. The molecule has 7 heteroatoms. The molecule has 2 aromatic heterocycles. The number of para-hydroxylation sites is 2. The average molecular weight is 415 g/mol. The number of nitrogens with zero attached hydrogens (tertiary/aromatic N) is 4. The molecule has 0 bridgehead atoms. The van der Waals surface area contributed by atoms with Gasteiger partial charge >= 0.3 is 0 Å². The molecule has 158 valence electrons. The summed E-state index contributed by atoms with van der Waals surface area (Å²) in [4.78, 5) is 20.0. The zero-order valence-electron chi connectivity index (χ0n) is 17.6. The lowest BCUT2D eigenvalue weighted by atomic mass is 9.95. The number of aryl methyl sites for hydroxylation is 1. The van der Waals surface area contributed by atoms with Crippen LogP contribution >= 0.6 is 0 Å². The summed E-state index contributed by atoms with van der Waals surface area (Å²) >= 11 is 0. The van der Waals surface area contributed by atoms with E-state index in [1.54, 1.807) is 6.20 Å². The van der Waals surface area contributed by atoms with Gasteiger partial charge in [0.1, 0.15) is 5.82 Å². The Kier molecular flexibility index (Phi) is 5.26. The van der Waals surface area contributed by atoms with Crippen molar-refractivity contribution in [2.45, 2.75) is 19.4 Å². The Morgan fingerprint density at radius 2 is 1.97 bits per heavy atom. The van der Waals surface area contributed by atoms with E-state index in [1.165, 1.54) is 0 Å². The predicted octanol–water partition coefficient (Wildman–Crippen LogP) is 3.81.